The van der Waals surface area contributed by atoms with E-state index in [4.69, 9.17) is 9.79 Å². The number of phosphoric ester groups is 1. The van der Waals surface area contributed by atoms with E-state index in [0.717, 1.165) is 11.5 Å². The maximum absolute atomic E-state index is 10.1. The summed E-state index contributed by atoms with van der Waals surface area (Å²) >= 11 is 1.06. The highest BCUT2D eigenvalue weighted by Gasteiger charge is 2.16. The van der Waals surface area contributed by atoms with Gasteiger partial charge in [0.1, 0.15) is 0 Å². The van der Waals surface area contributed by atoms with Crippen LogP contribution in [0.25, 0.3) is 0 Å². The molecular weight excluding hydrogens is 177 g/mol. The molecule has 0 aromatic carbocycles. The van der Waals surface area contributed by atoms with Crippen LogP contribution in [-0.2, 0) is 4.57 Å². The highest BCUT2D eigenvalue weighted by molar-refractivity contribution is 7.46. The van der Waals surface area contributed by atoms with Crippen LogP contribution in [-0.4, -0.2) is 14.2 Å². The Morgan fingerprint density at radius 3 is 2.80 bits per heavy atom. The van der Waals surface area contributed by atoms with Gasteiger partial charge in [-0.2, -0.15) is 4.37 Å². The first-order chi connectivity index (χ1) is 4.58. The summed E-state index contributed by atoms with van der Waals surface area (Å²) in [6.07, 6.45) is 0. The predicted molar refractivity (Wildman–Crippen MR) is 34.8 cm³/mol. The monoisotopic (exact) mass is 181 g/mol. The van der Waals surface area contributed by atoms with Gasteiger partial charge in [0.2, 0.25) is 5.88 Å². The first kappa shape index (κ1) is 7.68. The molecule has 0 aliphatic heterocycles. The quantitative estimate of drug-likeness (QED) is 0.653. The van der Waals surface area contributed by atoms with Crippen molar-refractivity contribution >= 4 is 19.4 Å². The van der Waals surface area contributed by atoms with Crippen molar-refractivity contribution in [3.8, 4) is 5.88 Å². The van der Waals surface area contributed by atoms with Crippen molar-refractivity contribution in [1.82, 2.24) is 4.37 Å². The van der Waals surface area contributed by atoms with Crippen LogP contribution < -0.4 is 4.52 Å². The number of hydrogen-bond donors (Lipinski definition) is 2. The van der Waals surface area contributed by atoms with E-state index in [1.165, 1.54) is 6.07 Å². The number of rotatable bonds is 2. The van der Waals surface area contributed by atoms with Crippen LogP contribution in [0.4, 0.5) is 0 Å². The molecule has 0 saturated carbocycles. The summed E-state index contributed by atoms with van der Waals surface area (Å²) in [6, 6.07) is 1.38. The molecule has 0 aliphatic rings. The summed E-state index contributed by atoms with van der Waals surface area (Å²) in [7, 11) is -4.41. The minimum absolute atomic E-state index is 0.0432. The minimum atomic E-state index is -4.41. The second-order valence-corrected chi connectivity index (χ2v) is 3.25. The Morgan fingerprint density at radius 1 is 1.70 bits per heavy atom. The van der Waals surface area contributed by atoms with Gasteiger partial charge in [0.25, 0.3) is 0 Å². The first-order valence-corrected chi connectivity index (χ1v) is 4.60. The fourth-order valence-electron chi connectivity index (χ4n) is 0.370. The zero-order chi connectivity index (χ0) is 7.61. The Hall–Kier alpha value is -0.420. The van der Waals surface area contributed by atoms with E-state index in [-0.39, 0.29) is 5.88 Å². The van der Waals surface area contributed by atoms with Gasteiger partial charge < -0.3 is 4.52 Å². The predicted octanol–water partition coefficient (Wildman–Crippen LogP) is 0.615. The summed E-state index contributed by atoms with van der Waals surface area (Å²) in [5.41, 5.74) is 0. The topological polar surface area (TPSA) is 79.7 Å². The van der Waals surface area contributed by atoms with Gasteiger partial charge in [0.15, 0.2) is 0 Å². The Bertz CT molecular complexity index is 241. The molecule has 0 spiro atoms. The van der Waals surface area contributed by atoms with E-state index in [1.807, 2.05) is 0 Å². The molecule has 1 heterocycles. The summed E-state index contributed by atoms with van der Waals surface area (Å²) in [5, 5.41) is 1.56. The first-order valence-electron chi connectivity index (χ1n) is 2.23. The lowest BCUT2D eigenvalue weighted by molar-refractivity contribution is 0.280. The molecule has 0 aliphatic carbocycles. The van der Waals surface area contributed by atoms with Gasteiger partial charge >= 0.3 is 7.82 Å². The van der Waals surface area contributed by atoms with Crippen molar-refractivity contribution in [2.75, 3.05) is 0 Å². The summed E-state index contributed by atoms with van der Waals surface area (Å²) < 4.78 is 17.8. The molecule has 56 valence electrons. The Morgan fingerprint density at radius 2 is 2.40 bits per heavy atom. The van der Waals surface area contributed by atoms with Crippen molar-refractivity contribution in [3.05, 3.63) is 11.4 Å². The molecule has 0 fully saturated rings. The largest absolute Gasteiger partial charge is 0.526 e. The second-order valence-electron chi connectivity index (χ2n) is 1.42. The average molecular weight is 181 g/mol. The number of nitrogens with zero attached hydrogens (tertiary/aromatic N) is 1. The van der Waals surface area contributed by atoms with Crippen molar-refractivity contribution in [2.24, 2.45) is 0 Å². The lowest BCUT2D eigenvalue weighted by Crippen LogP contribution is -1.88. The summed E-state index contributed by atoms with van der Waals surface area (Å²) in [4.78, 5) is 16.5. The van der Waals surface area contributed by atoms with Gasteiger partial charge in [0.05, 0.1) is 0 Å². The molecule has 0 radical (unpaired) electrons. The van der Waals surface area contributed by atoms with Crippen LogP contribution in [0.15, 0.2) is 11.4 Å². The normalized spacial score (nSPS) is 11.4. The molecule has 10 heavy (non-hydrogen) atoms. The third-order valence-electron chi connectivity index (χ3n) is 0.627. The molecule has 1 rings (SSSR count). The highest BCUT2D eigenvalue weighted by Crippen LogP contribution is 2.36. The molecule has 2 N–H and O–H groups in total. The number of hydrogen-bond acceptors (Lipinski definition) is 4. The van der Waals surface area contributed by atoms with Gasteiger partial charge in [-0.25, -0.2) is 4.57 Å². The minimum Gasteiger partial charge on any atom is -0.385 e. The highest BCUT2D eigenvalue weighted by atomic mass is 32.1. The second kappa shape index (κ2) is 2.67. The van der Waals surface area contributed by atoms with Crippen molar-refractivity contribution < 1.29 is 18.9 Å². The van der Waals surface area contributed by atoms with Crippen molar-refractivity contribution in [2.45, 2.75) is 0 Å². The van der Waals surface area contributed by atoms with Gasteiger partial charge in [-0.05, 0) is 11.5 Å². The molecule has 1 aromatic heterocycles. The zero-order valence-electron chi connectivity index (χ0n) is 4.67. The Labute approximate surface area is 60.7 Å². The lowest BCUT2D eigenvalue weighted by Gasteiger charge is -2.00. The van der Waals surface area contributed by atoms with Crippen molar-refractivity contribution in [1.29, 1.82) is 0 Å². The van der Waals surface area contributed by atoms with E-state index in [2.05, 4.69) is 8.90 Å². The SMILES string of the molecule is O=P(O)(O)Oc1ccsn1. The standard InChI is InChI=1S/C3H4NO4PS/c5-9(6,7)8-3-1-2-10-4-3/h1-2H,(H2,5,6,7). The molecule has 0 amide bonds. The van der Waals surface area contributed by atoms with E-state index in [9.17, 15) is 4.57 Å². The van der Waals surface area contributed by atoms with Gasteiger partial charge in [-0.15, -0.1) is 0 Å². The van der Waals surface area contributed by atoms with Crippen LogP contribution in [0.1, 0.15) is 0 Å². The Kier molecular flexibility index (Phi) is 2.05. The van der Waals surface area contributed by atoms with Crippen LogP contribution in [0.5, 0.6) is 5.88 Å². The molecule has 0 bridgehead atoms. The molecule has 7 heteroatoms. The van der Waals surface area contributed by atoms with Gasteiger partial charge in [-0.1, -0.05) is 0 Å². The van der Waals surface area contributed by atoms with E-state index < -0.39 is 7.82 Å². The molecule has 1 aromatic rings. The van der Waals surface area contributed by atoms with Crippen LogP contribution in [0.3, 0.4) is 0 Å². The van der Waals surface area contributed by atoms with Crippen LogP contribution in [0.2, 0.25) is 0 Å². The Balaban J connectivity index is 2.66. The molecular formula is C3H4NO4PS. The third kappa shape index (κ3) is 2.45. The van der Waals surface area contributed by atoms with Gasteiger partial charge in [0, 0.05) is 11.4 Å². The van der Waals surface area contributed by atoms with E-state index in [0.29, 0.717) is 0 Å². The van der Waals surface area contributed by atoms with Gasteiger partial charge in [-0.3, -0.25) is 9.79 Å². The van der Waals surface area contributed by atoms with Crippen LogP contribution in [0, 0.1) is 0 Å². The fraction of sp³-hybridized carbons (Fsp3) is 0. The summed E-state index contributed by atoms with van der Waals surface area (Å²) in [5.74, 6) is -0.0432. The zero-order valence-corrected chi connectivity index (χ0v) is 6.38. The van der Waals surface area contributed by atoms with Crippen LogP contribution >= 0.6 is 19.4 Å². The average Bonchev–Trinajstić information content (AvgIpc) is 2.12. The molecule has 5 nitrogen and oxygen atoms in total. The fourth-order valence-corrected chi connectivity index (χ4v) is 1.21. The molecule has 0 atom stereocenters. The lowest BCUT2D eigenvalue weighted by atomic mass is 10.7. The number of phosphoric acid groups is 1. The molecule has 0 saturated heterocycles. The van der Waals surface area contributed by atoms with E-state index >= 15 is 0 Å². The van der Waals surface area contributed by atoms with Crippen molar-refractivity contribution in [3.63, 3.8) is 0 Å². The summed E-state index contributed by atoms with van der Waals surface area (Å²) in [6.45, 7) is 0. The maximum atomic E-state index is 10.1. The maximum Gasteiger partial charge on any atom is 0.526 e. The number of aromatic nitrogens is 1. The third-order valence-corrected chi connectivity index (χ3v) is 1.59. The van der Waals surface area contributed by atoms with E-state index in [1.54, 1.807) is 5.38 Å². The molecule has 0 unspecified atom stereocenters. The smallest absolute Gasteiger partial charge is 0.385 e.